The van der Waals surface area contributed by atoms with Gasteiger partial charge in [0.15, 0.2) is 0 Å². The molecule has 0 atom stereocenters. The number of halogens is 1. The maximum atomic E-state index is 13.7. The van der Waals surface area contributed by atoms with E-state index in [2.05, 4.69) is 10.1 Å². The van der Waals surface area contributed by atoms with Gasteiger partial charge in [0.05, 0.1) is 18.4 Å². The van der Waals surface area contributed by atoms with Crippen molar-refractivity contribution in [3.63, 3.8) is 0 Å². The lowest BCUT2D eigenvalue weighted by atomic mass is 9.94. The van der Waals surface area contributed by atoms with Gasteiger partial charge in [-0.3, -0.25) is 4.79 Å². The molecule has 1 aliphatic rings. The second-order valence-electron chi connectivity index (χ2n) is 5.48. The number of rotatable bonds is 4. The molecule has 2 rings (SSSR count). The number of nitrogens with one attached hydrogen (secondary N) is 1. The maximum Gasteiger partial charge on any atom is 0.337 e. The van der Waals surface area contributed by atoms with Gasteiger partial charge in [0.25, 0.3) is 0 Å². The molecule has 1 aromatic carbocycles. The fraction of sp³-hybridized carbons (Fsp3) is 0.467. The van der Waals surface area contributed by atoms with Crippen molar-refractivity contribution < 1.29 is 18.7 Å². The molecule has 1 aromatic rings. The first kappa shape index (κ1) is 15.4. The summed E-state index contributed by atoms with van der Waals surface area (Å²) in [5, 5.41) is 2.48. The lowest BCUT2D eigenvalue weighted by Gasteiger charge is -2.22. The number of carbonyl (C=O) groups excluding carboxylic acids is 2. The van der Waals surface area contributed by atoms with Crippen LogP contribution in [-0.2, 0) is 9.53 Å². The summed E-state index contributed by atoms with van der Waals surface area (Å²) in [7, 11) is 1.24. The predicted octanol–water partition coefficient (Wildman–Crippen LogP) is 2.21. The van der Waals surface area contributed by atoms with Crippen LogP contribution in [0, 0.1) is 5.82 Å². The third kappa shape index (κ3) is 3.78. The molecule has 3 N–H and O–H groups in total. The van der Waals surface area contributed by atoms with E-state index in [0.29, 0.717) is 0 Å². The summed E-state index contributed by atoms with van der Waals surface area (Å²) in [4.78, 5) is 23.4. The number of esters is 1. The number of amides is 1. The Morgan fingerprint density at radius 1 is 1.38 bits per heavy atom. The third-order valence-corrected chi connectivity index (χ3v) is 3.77. The van der Waals surface area contributed by atoms with Crippen molar-refractivity contribution in [2.24, 2.45) is 5.73 Å². The van der Waals surface area contributed by atoms with E-state index >= 15 is 0 Å². The van der Waals surface area contributed by atoms with Gasteiger partial charge in [-0.15, -0.1) is 0 Å². The summed E-state index contributed by atoms with van der Waals surface area (Å²) in [6.45, 7) is 0. The predicted molar refractivity (Wildman–Crippen MR) is 76.4 cm³/mol. The molecule has 5 nitrogen and oxygen atoms in total. The van der Waals surface area contributed by atoms with Crippen LogP contribution >= 0.6 is 0 Å². The number of nitrogens with two attached hydrogens (primary N) is 1. The average molecular weight is 294 g/mol. The lowest BCUT2D eigenvalue weighted by molar-refractivity contribution is -0.117. The molecule has 114 valence electrons. The van der Waals surface area contributed by atoms with Crippen LogP contribution < -0.4 is 11.1 Å². The highest BCUT2D eigenvalue weighted by Gasteiger charge is 2.31. The van der Waals surface area contributed by atoms with Crippen molar-refractivity contribution in [2.45, 2.75) is 37.6 Å². The monoisotopic (exact) mass is 294 g/mol. The van der Waals surface area contributed by atoms with Crippen molar-refractivity contribution in [2.75, 3.05) is 12.4 Å². The van der Waals surface area contributed by atoms with Gasteiger partial charge in [-0.25, -0.2) is 9.18 Å². The topological polar surface area (TPSA) is 81.4 Å². The Bertz CT molecular complexity index is 554. The normalized spacial score (nSPS) is 16.5. The van der Waals surface area contributed by atoms with E-state index in [4.69, 9.17) is 5.73 Å². The Hall–Kier alpha value is -1.95. The Balaban J connectivity index is 2.07. The summed E-state index contributed by atoms with van der Waals surface area (Å²) in [5.74, 6) is -1.54. The molecule has 1 saturated carbocycles. The number of carbonyl (C=O) groups is 2. The highest BCUT2D eigenvalue weighted by molar-refractivity contribution is 5.95. The molecule has 0 radical (unpaired) electrons. The third-order valence-electron chi connectivity index (χ3n) is 3.77. The fourth-order valence-corrected chi connectivity index (χ4v) is 2.64. The van der Waals surface area contributed by atoms with Crippen LogP contribution in [0.2, 0.25) is 0 Å². The van der Waals surface area contributed by atoms with Crippen LogP contribution in [0.5, 0.6) is 0 Å². The molecule has 0 unspecified atom stereocenters. The Kier molecular flexibility index (Phi) is 4.57. The summed E-state index contributed by atoms with van der Waals surface area (Å²) in [5.41, 5.74) is 5.76. The van der Waals surface area contributed by atoms with Gasteiger partial charge in [-0.1, -0.05) is 12.8 Å². The largest absolute Gasteiger partial charge is 0.465 e. The second-order valence-corrected chi connectivity index (χ2v) is 5.48. The smallest absolute Gasteiger partial charge is 0.337 e. The molecular weight excluding hydrogens is 275 g/mol. The van der Waals surface area contributed by atoms with Crippen LogP contribution in [0.25, 0.3) is 0 Å². The number of benzene rings is 1. The Morgan fingerprint density at radius 2 is 2.05 bits per heavy atom. The zero-order valence-corrected chi connectivity index (χ0v) is 11.9. The molecule has 1 fully saturated rings. The van der Waals surface area contributed by atoms with E-state index in [1.165, 1.54) is 19.2 Å². The number of ether oxygens (including phenoxy) is 1. The van der Waals surface area contributed by atoms with E-state index in [0.717, 1.165) is 31.7 Å². The number of hydrogen-bond donors (Lipinski definition) is 2. The first-order valence-electron chi connectivity index (χ1n) is 6.90. The van der Waals surface area contributed by atoms with Crippen LogP contribution in [0.4, 0.5) is 10.1 Å². The second kappa shape index (κ2) is 6.22. The zero-order valence-electron chi connectivity index (χ0n) is 11.9. The van der Waals surface area contributed by atoms with Crippen LogP contribution in [-0.4, -0.2) is 24.5 Å². The summed E-state index contributed by atoms with van der Waals surface area (Å²) in [6, 6.07) is 3.69. The molecular formula is C15H19FN2O3. The van der Waals surface area contributed by atoms with E-state index in [1.807, 2.05) is 0 Å². The fourth-order valence-electron chi connectivity index (χ4n) is 2.64. The number of anilines is 1. The van der Waals surface area contributed by atoms with Crippen molar-refractivity contribution >= 4 is 17.6 Å². The molecule has 1 aliphatic carbocycles. The molecule has 6 heteroatoms. The highest BCUT2D eigenvalue weighted by Crippen LogP contribution is 2.30. The van der Waals surface area contributed by atoms with E-state index in [1.54, 1.807) is 0 Å². The molecule has 1 amide bonds. The first-order chi connectivity index (χ1) is 9.93. The van der Waals surface area contributed by atoms with Crippen molar-refractivity contribution in [3.05, 3.63) is 29.6 Å². The summed E-state index contributed by atoms with van der Waals surface area (Å²) < 4.78 is 18.3. The minimum atomic E-state index is -0.603. The lowest BCUT2D eigenvalue weighted by Crippen LogP contribution is -2.40. The zero-order chi connectivity index (χ0) is 15.5. The quantitative estimate of drug-likeness (QED) is 0.834. The van der Waals surface area contributed by atoms with Crippen molar-refractivity contribution in [3.8, 4) is 0 Å². The molecule has 0 bridgehead atoms. The van der Waals surface area contributed by atoms with Gasteiger partial charge in [0.2, 0.25) is 5.91 Å². The number of hydrogen-bond acceptors (Lipinski definition) is 4. The van der Waals surface area contributed by atoms with E-state index < -0.39 is 17.3 Å². The molecule has 0 aromatic heterocycles. The first-order valence-corrected chi connectivity index (χ1v) is 6.90. The van der Waals surface area contributed by atoms with Gasteiger partial charge in [-0.2, -0.15) is 0 Å². The van der Waals surface area contributed by atoms with Crippen molar-refractivity contribution in [1.82, 2.24) is 0 Å². The molecule has 0 saturated heterocycles. The average Bonchev–Trinajstić information content (AvgIpc) is 2.86. The molecule has 0 spiro atoms. The van der Waals surface area contributed by atoms with E-state index in [-0.39, 0.29) is 23.6 Å². The number of methoxy groups -OCH3 is 1. The van der Waals surface area contributed by atoms with E-state index in [9.17, 15) is 14.0 Å². The van der Waals surface area contributed by atoms with Crippen molar-refractivity contribution in [1.29, 1.82) is 0 Å². The van der Waals surface area contributed by atoms with Crippen LogP contribution in [0.15, 0.2) is 18.2 Å². The highest BCUT2D eigenvalue weighted by atomic mass is 19.1. The van der Waals surface area contributed by atoms with Crippen LogP contribution in [0.3, 0.4) is 0 Å². The standard InChI is InChI=1S/C15H19FN2O3/c1-21-14(20)10-4-5-11(16)12(8-10)18-13(19)9-15(17)6-2-3-7-15/h4-5,8H,2-3,6-7,9,17H2,1H3,(H,18,19). The van der Waals surface area contributed by atoms with Gasteiger partial charge < -0.3 is 15.8 Å². The van der Waals surface area contributed by atoms with Gasteiger partial charge in [0.1, 0.15) is 5.82 Å². The minimum absolute atomic E-state index is 0.0375. The Labute approximate surface area is 122 Å². The van der Waals surface area contributed by atoms with Crippen LogP contribution in [0.1, 0.15) is 42.5 Å². The van der Waals surface area contributed by atoms with Gasteiger partial charge in [-0.05, 0) is 31.0 Å². The van der Waals surface area contributed by atoms with Gasteiger partial charge >= 0.3 is 5.97 Å². The molecule has 0 heterocycles. The SMILES string of the molecule is COC(=O)c1ccc(F)c(NC(=O)CC2(N)CCCC2)c1. The minimum Gasteiger partial charge on any atom is -0.465 e. The molecule has 21 heavy (non-hydrogen) atoms. The molecule has 0 aliphatic heterocycles. The summed E-state index contributed by atoms with van der Waals surface area (Å²) in [6.07, 6.45) is 3.76. The maximum absolute atomic E-state index is 13.7. The van der Waals surface area contributed by atoms with Gasteiger partial charge in [0, 0.05) is 12.0 Å². The Morgan fingerprint density at radius 3 is 2.67 bits per heavy atom. The summed E-state index contributed by atoms with van der Waals surface area (Å²) >= 11 is 0.